The highest BCUT2D eigenvalue weighted by Gasteiger charge is 2.27. The van der Waals surface area contributed by atoms with E-state index in [4.69, 9.17) is 11.6 Å². The summed E-state index contributed by atoms with van der Waals surface area (Å²) < 4.78 is 28.2. The standard InChI is InChI=1S/C12H11BrClNO2S3/c1-2-6-15(8-9-3-4-11(14)19-9)20(16,17)12-10(13)5-7-18-12/h2-5,7H,1,6,8H2. The number of hydrogen-bond acceptors (Lipinski definition) is 4. The second kappa shape index (κ2) is 6.72. The Kier molecular flexibility index (Phi) is 5.44. The molecule has 2 rings (SSSR count). The zero-order valence-corrected chi connectivity index (χ0v) is 15.0. The van der Waals surface area contributed by atoms with Gasteiger partial charge in [-0.2, -0.15) is 4.31 Å². The van der Waals surface area contributed by atoms with Crippen molar-refractivity contribution in [3.63, 3.8) is 0 Å². The van der Waals surface area contributed by atoms with Gasteiger partial charge in [0.1, 0.15) is 4.21 Å². The number of thiophene rings is 2. The molecule has 20 heavy (non-hydrogen) atoms. The van der Waals surface area contributed by atoms with Crippen molar-refractivity contribution in [2.45, 2.75) is 10.8 Å². The Bertz CT molecular complexity index is 708. The van der Waals surface area contributed by atoms with E-state index in [9.17, 15) is 8.42 Å². The lowest BCUT2D eigenvalue weighted by molar-refractivity contribution is 0.442. The van der Waals surface area contributed by atoms with Gasteiger partial charge in [0.15, 0.2) is 0 Å². The van der Waals surface area contributed by atoms with Gasteiger partial charge < -0.3 is 0 Å². The Labute approximate surface area is 139 Å². The van der Waals surface area contributed by atoms with Crippen molar-refractivity contribution in [3.8, 4) is 0 Å². The van der Waals surface area contributed by atoms with Gasteiger partial charge in [0.05, 0.1) is 4.34 Å². The maximum atomic E-state index is 12.6. The topological polar surface area (TPSA) is 37.4 Å². The van der Waals surface area contributed by atoms with Crippen molar-refractivity contribution >= 4 is 60.2 Å². The number of halogens is 2. The fourth-order valence-electron chi connectivity index (χ4n) is 1.58. The molecule has 0 saturated heterocycles. The van der Waals surface area contributed by atoms with E-state index in [1.54, 1.807) is 23.6 Å². The molecule has 0 N–H and O–H groups in total. The molecule has 0 radical (unpaired) electrons. The summed E-state index contributed by atoms with van der Waals surface area (Å²) in [7, 11) is -3.54. The molecule has 2 aromatic heterocycles. The molecule has 0 amide bonds. The van der Waals surface area contributed by atoms with E-state index in [0.717, 1.165) is 4.88 Å². The van der Waals surface area contributed by atoms with Gasteiger partial charge in [-0.1, -0.05) is 17.7 Å². The number of nitrogens with zero attached hydrogens (tertiary/aromatic N) is 1. The van der Waals surface area contributed by atoms with Gasteiger partial charge in [-0.3, -0.25) is 0 Å². The smallest absolute Gasteiger partial charge is 0.206 e. The van der Waals surface area contributed by atoms with Gasteiger partial charge in [0.25, 0.3) is 10.0 Å². The Morgan fingerprint density at radius 3 is 2.65 bits per heavy atom. The molecule has 0 aliphatic heterocycles. The molecule has 8 heteroatoms. The minimum Gasteiger partial charge on any atom is -0.206 e. The SMILES string of the molecule is C=CCN(Cc1ccc(Cl)s1)S(=O)(=O)c1sccc1Br. The molecule has 0 spiro atoms. The van der Waals surface area contributed by atoms with Crippen LogP contribution in [0.25, 0.3) is 0 Å². The zero-order valence-electron chi connectivity index (χ0n) is 10.3. The fraction of sp³-hybridized carbons (Fsp3) is 0.167. The first kappa shape index (κ1) is 16.2. The lowest BCUT2D eigenvalue weighted by Crippen LogP contribution is -2.30. The van der Waals surface area contributed by atoms with Gasteiger partial charge in [-0.25, -0.2) is 8.42 Å². The van der Waals surface area contributed by atoms with Crippen LogP contribution < -0.4 is 0 Å². The van der Waals surface area contributed by atoms with Gasteiger partial charge in [-0.05, 0) is 39.5 Å². The van der Waals surface area contributed by atoms with Crippen molar-refractivity contribution in [1.82, 2.24) is 4.31 Å². The second-order valence-corrected chi connectivity index (χ2v) is 9.55. The van der Waals surface area contributed by atoms with E-state index in [1.807, 2.05) is 6.07 Å². The van der Waals surface area contributed by atoms with Crippen LogP contribution in [0.5, 0.6) is 0 Å². The highest BCUT2D eigenvalue weighted by atomic mass is 79.9. The maximum absolute atomic E-state index is 12.6. The van der Waals surface area contributed by atoms with Crippen molar-refractivity contribution in [2.75, 3.05) is 6.54 Å². The minimum absolute atomic E-state index is 0.252. The summed E-state index contributed by atoms with van der Waals surface area (Å²) in [4.78, 5) is 0.896. The molecular formula is C12H11BrClNO2S3. The van der Waals surface area contributed by atoms with Crippen LogP contribution in [0.1, 0.15) is 4.88 Å². The Balaban J connectivity index is 2.33. The maximum Gasteiger partial charge on any atom is 0.254 e. The lowest BCUT2D eigenvalue weighted by atomic mass is 10.4. The molecule has 0 fully saturated rings. The van der Waals surface area contributed by atoms with Crippen LogP contribution in [0.4, 0.5) is 0 Å². The predicted molar refractivity (Wildman–Crippen MR) is 89.1 cm³/mol. The second-order valence-electron chi connectivity index (χ2n) is 3.85. The molecule has 2 aromatic rings. The van der Waals surface area contributed by atoms with Gasteiger partial charge >= 0.3 is 0 Å². The summed E-state index contributed by atoms with van der Waals surface area (Å²) in [6.45, 7) is 4.17. The largest absolute Gasteiger partial charge is 0.254 e. The van der Waals surface area contributed by atoms with Gasteiger partial charge in [0, 0.05) is 22.4 Å². The van der Waals surface area contributed by atoms with Crippen molar-refractivity contribution in [2.24, 2.45) is 0 Å². The average molecular weight is 413 g/mol. The quantitative estimate of drug-likeness (QED) is 0.650. The van der Waals surface area contributed by atoms with Gasteiger partial charge in [-0.15, -0.1) is 29.3 Å². The summed E-state index contributed by atoms with van der Waals surface area (Å²) in [6.07, 6.45) is 1.58. The summed E-state index contributed by atoms with van der Waals surface area (Å²) in [6, 6.07) is 5.33. The molecule has 3 nitrogen and oxygen atoms in total. The fourth-order valence-corrected chi connectivity index (χ4v) is 6.61. The molecule has 0 bridgehead atoms. The van der Waals surface area contributed by atoms with E-state index in [0.29, 0.717) is 13.0 Å². The normalized spacial score (nSPS) is 11.9. The average Bonchev–Trinajstić information content (AvgIpc) is 2.98. The molecule has 0 aliphatic carbocycles. The zero-order chi connectivity index (χ0) is 14.8. The van der Waals surface area contributed by atoms with Crippen LogP contribution in [0.2, 0.25) is 4.34 Å². The van der Waals surface area contributed by atoms with E-state index in [1.165, 1.54) is 27.0 Å². The molecule has 0 saturated carbocycles. The van der Waals surface area contributed by atoms with E-state index in [-0.39, 0.29) is 13.1 Å². The molecular weight excluding hydrogens is 402 g/mol. The minimum atomic E-state index is -3.54. The summed E-state index contributed by atoms with van der Waals surface area (Å²) >= 11 is 11.7. The van der Waals surface area contributed by atoms with E-state index < -0.39 is 10.0 Å². The third-order valence-electron chi connectivity index (χ3n) is 2.45. The Hall–Kier alpha value is -0.180. The molecule has 2 heterocycles. The highest BCUT2D eigenvalue weighted by Crippen LogP contribution is 2.32. The first-order chi connectivity index (χ1) is 9.45. The van der Waals surface area contributed by atoms with Crippen molar-refractivity contribution in [1.29, 1.82) is 0 Å². The summed E-state index contributed by atoms with van der Waals surface area (Å²) in [5.74, 6) is 0. The van der Waals surface area contributed by atoms with Gasteiger partial charge in [0.2, 0.25) is 0 Å². The van der Waals surface area contributed by atoms with E-state index in [2.05, 4.69) is 22.5 Å². The number of rotatable bonds is 6. The lowest BCUT2D eigenvalue weighted by Gasteiger charge is -2.19. The predicted octanol–water partition coefficient (Wildman–Crippen LogP) is 4.60. The Morgan fingerprint density at radius 2 is 2.15 bits per heavy atom. The molecule has 0 aromatic carbocycles. The first-order valence-electron chi connectivity index (χ1n) is 5.53. The monoisotopic (exact) mass is 411 g/mol. The third-order valence-corrected chi connectivity index (χ3v) is 8.13. The van der Waals surface area contributed by atoms with Crippen LogP contribution in [-0.2, 0) is 16.6 Å². The number of hydrogen-bond donors (Lipinski definition) is 0. The van der Waals surface area contributed by atoms with Crippen LogP contribution in [-0.4, -0.2) is 19.3 Å². The van der Waals surface area contributed by atoms with Crippen molar-refractivity contribution in [3.05, 3.63) is 49.9 Å². The van der Waals surface area contributed by atoms with Crippen LogP contribution in [0.3, 0.4) is 0 Å². The summed E-state index contributed by atoms with van der Waals surface area (Å²) in [5, 5.41) is 1.74. The summed E-state index contributed by atoms with van der Waals surface area (Å²) in [5.41, 5.74) is 0. The Morgan fingerprint density at radius 1 is 1.40 bits per heavy atom. The van der Waals surface area contributed by atoms with Crippen LogP contribution >= 0.6 is 50.2 Å². The number of sulfonamides is 1. The third kappa shape index (κ3) is 3.52. The first-order valence-corrected chi connectivity index (χ1v) is 9.84. The molecule has 108 valence electrons. The highest BCUT2D eigenvalue weighted by molar-refractivity contribution is 9.10. The molecule has 0 aliphatic rings. The van der Waals surface area contributed by atoms with Crippen LogP contribution in [0, 0.1) is 0 Å². The van der Waals surface area contributed by atoms with Crippen LogP contribution in [0.15, 0.2) is 44.9 Å². The molecule has 0 unspecified atom stereocenters. The van der Waals surface area contributed by atoms with Crippen molar-refractivity contribution < 1.29 is 8.42 Å². The molecule has 0 atom stereocenters. The van der Waals surface area contributed by atoms with E-state index >= 15 is 0 Å².